The molecule has 1 N–H and O–H groups in total. The Kier molecular flexibility index (Phi) is 7.95. The zero-order valence-electron chi connectivity index (χ0n) is 17.5. The van der Waals surface area contributed by atoms with Gasteiger partial charge in [-0.1, -0.05) is 24.3 Å². The third-order valence-corrected chi connectivity index (χ3v) is 4.69. The van der Waals surface area contributed by atoms with Crippen molar-refractivity contribution in [2.75, 3.05) is 25.6 Å². The predicted octanol–water partition coefficient (Wildman–Crippen LogP) is 3.19. The van der Waals surface area contributed by atoms with E-state index in [4.69, 9.17) is 4.74 Å². The van der Waals surface area contributed by atoms with Crippen LogP contribution in [0.1, 0.15) is 39.9 Å². The van der Waals surface area contributed by atoms with E-state index in [1.165, 1.54) is 0 Å². The van der Waals surface area contributed by atoms with Gasteiger partial charge in [0.25, 0.3) is 5.91 Å². The summed E-state index contributed by atoms with van der Waals surface area (Å²) in [6, 6.07) is 13.3. The summed E-state index contributed by atoms with van der Waals surface area (Å²) < 4.78 is 4.96. The summed E-state index contributed by atoms with van der Waals surface area (Å²) >= 11 is 0. The van der Waals surface area contributed by atoms with Gasteiger partial charge in [0.1, 0.15) is 0 Å². The molecule has 0 unspecified atom stereocenters. The molecule has 2 aromatic carbocycles. The summed E-state index contributed by atoms with van der Waals surface area (Å²) in [4.78, 5) is 37.9. The molecule has 0 spiro atoms. The van der Waals surface area contributed by atoms with E-state index in [1.54, 1.807) is 6.07 Å². The number of Topliss-reactive ketones (excluding diaryl/α,β-unsaturated/α-hetero) is 1. The lowest BCUT2D eigenvalue weighted by atomic mass is 10.0. The number of ether oxygens (including phenoxy) is 1. The molecule has 6 nitrogen and oxygen atoms in total. The Morgan fingerprint density at radius 2 is 1.62 bits per heavy atom. The molecule has 0 radical (unpaired) electrons. The summed E-state index contributed by atoms with van der Waals surface area (Å²) in [5, 5.41) is 2.71. The van der Waals surface area contributed by atoms with Crippen LogP contribution in [0.4, 0.5) is 5.69 Å². The lowest BCUT2D eigenvalue weighted by molar-refractivity contribution is -0.148. The van der Waals surface area contributed by atoms with Crippen LogP contribution in [0.3, 0.4) is 0 Å². The number of hydrogen-bond acceptors (Lipinski definition) is 5. The normalized spacial score (nSPS) is 10.3. The molecule has 0 aliphatic rings. The van der Waals surface area contributed by atoms with Gasteiger partial charge < -0.3 is 15.0 Å². The first-order valence-corrected chi connectivity index (χ1v) is 9.55. The molecule has 0 atom stereocenters. The van der Waals surface area contributed by atoms with Gasteiger partial charge >= 0.3 is 5.97 Å². The highest BCUT2D eigenvalue weighted by atomic mass is 16.5. The number of carbonyl (C=O) groups is 3. The first-order valence-electron chi connectivity index (χ1n) is 9.55. The van der Waals surface area contributed by atoms with E-state index in [-0.39, 0.29) is 31.1 Å². The standard InChI is InChI=1S/C23H28N2O4/c1-16-5-8-19(13-17(16)2)21(26)11-12-23(28)29-15-22(27)24-14-18-6-9-20(10-7-18)25(3)4/h5-10,13H,11-12,14-15H2,1-4H3,(H,24,27). The second-order valence-electron chi connectivity index (χ2n) is 7.22. The molecular formula is C23H28N2O4. The zero-order chi connectivity index (χ0) is 21.4. The van der Waals surface area contributed by atoms with Gasteiger partial charge in [0.2, 0.25) is 0 Å². The van der Waals surface area contributed by atoms with Crippen LogP contribution in [-0.4, -0.2) is 38.4 Å². The quantitative estimate of drug-likeness (QED) is 0.520. The van der Waals surface area contributed by atoms with Crippen molar-refractivity contribution in [2.24, 2.45) is 0 Å². The van der Waals surface area contributed by atoms with Crippen molar-refractivity contribution in [2.45, 2.75) is 33.2 Å². The second-order valence-corrected chi connectivity index (χ2v) is 7.22. The van der Waals surface area contributed by atoms with Crippen LogP contribution < -0.4 is 10.2 Å². The fourth-order valence-electron chi connectivity index (χ4n) is 2.66. The average molecular weight is 396 g/mol. The van der Waals surface area contributed by atoms with E-state index in [1.807, 2.05) is 69.2 Å². The maximum atomic E-state index is 12.2. The van der Waals surface area contributed by atoms with Gasteiger partial charge in [-0.05, 0) is 48.7 Å². The van der Waals surface area contributed by atoms with Crippen LogP contribution in [0.25, 0.3) is 0 Å². The molecule has 2 aromatic rings. The second kappa shape index (κ2) is 10.4. The summed E-state index contributed by atoms with van der Waals surface area (Å²) in [6.45, 7) is 3.92. The van der Waals surface area contributed by atoms with Crippen molar-refractivity contribution in [3.05, 3.63) is 64.7 Å². The summed E-state index contributed by atoms with van der Waals surface area (Å²) in [6.07, 6.45) is 0.00616. The fraction of sp³-hybridized carbons (Fsp3) is 0.348. The van der Waals surface area contributed by atoms with Gasteiger partial charge in [-0.2, -0.15) is 0 Å². The van der Waals surface area contributed by atoms with Gasteiger partial charge in [0.05, 0.1) is 6.42 Å². The zero-order valence-corrected chi connectivity index (χ0v) is 17.5. The Hall–Kier alpha value is -3.15. The van der Waals surface area contributed by atoms with Gasteiger partial charge in [-0.15, -0.1) is 0 Å². The van der Waals surface area contributed by atoms with Gasteiger partial charge in [-0.3, -0.25) is 14.4 Å². The summed E-state index contributed by atoms with van der Waals surface area (Å²) in [7, 11) is 3.92. The van der Waals surface area contributed by atoms with Crippen molar-refractivity contribution >= 4 is 23.3 Å². The Morgan fingerprint density at radius 1 is 0.931 bits per heavy atom. The molecule has 0 heterocycles. The molecule has 6 heteroatoms. The van der Waals surface area contributed by atoms with Crippen LogP contribution in [0.5, 0.6) is 0 Å². The van der Waals surface area contributed by atoms with Crippen molar-refractivity contribution in [1.29, 1.82) is 0 Å². The molecule has 0 saturated heterocycles. The summed E-state index contributed by atoms with van der Waals surface area (Å²) in [5.41, 5.74) is 4.75. The molecule has 0 bridgehead atoms. The van der Waals surface area contributed by atoms with Gasteiger partial charge in [-0.25, -0.2) is 0 Å². The number of rotatable bonds is 9. The molecular weight excluding hydrogens is 368 g/mol. The van der Waals surface area contributed by atoms with E-state index in [9.17, 15) is 14.4 Å². The third-order valence-electron chi connectivity index (χ3n) is 4.69. The number of esters is 1. The van der Waals surface area contributed by atoms with Crippen LogP contribution in [0.15, 0.2) is 42.5 Å². The topological polar surface area (TPSA) is 75.7 Å². The Labute approximate surface area is 171 Å². The number of amides is 1. The maximum absolute atomic E-state index is 12.2. The van der Waals surface area contributed by atoms with Crippen LogP contribution in [0, 0.1) is 13.8 Å². The minimum Gasteiger partial charge on any atom is -0.456 e. The van der Waals surface area contributed by atoms with Crippen molar-refractivity contribution in [3.8, 4) is 0 Å². The van der Waals surface area contributed by atoms with Gasteiger partial charge in [0, 0.05) is 38.3 Å². The Bertz CT molecular complexity index is 873. The van der Waals surface area contributed by atoms with E-state index in [2.05, 4.69) is 5.32 Å². The van der Waals surface area contributed by atoms with E-state index in [0.29, 0.717) is 12.1 Å². The highest BCUT2D eigenvalue weighted by Crippen LogP contribution is 2.13. The minimum absolute atomic E-state index is 0.0506. The van der Waals surface area contributed by atoms with Crippen LogP contribution in [-0.2, 0) is 20.9 Å². The highest BCUT2D eigenvalue weighted by Gasteiger charge is 2.12. The number of nitrogens with one attached hydrogen (secondary N) is 1. The largest absolute Gasteiger partial charge is 0.456 e. The predicted molar refractivity (Wildman–Crippen MR) is 113 cm³/mol. The first-order chi connectivity index (χ1) is 13.8. The molecule has 0 saturated carbocycles. The number of aryl methyl sites for hydroxylation is 2. The summed E-state index contributed by atoms with van der Waals surface area (Å²) in [5.74, 6) is -1.06. The molecule has 1 amide bonds. The monoisotopic (exact) mass is 396 g/mol. The number of carbonyl (C=O) groups excluding carboxylic acids is 3. The molecule has 0 aliphatic carbocycles. The minimum atomic E-state index is -0.562. The SMILES string of the molecule is Cc1ccc(C(=O)CCC(=O)OCC(=O)NCc2ccc(N(C)C)cc2)cc1C. The lowest BCUT2D eigenvalue weighted by Gasteiger charge is -2.13. The Balaban J connectivity index is 1.69. The average Bonchev–Trinajstić information content (AvgIpc) is 2.71. The molecule has 154 valence electrons. The van der Waals surface area contributed by atoms with Gasteiger partial charge in [0.15, 0.2) is 12.4 Å². The van der Waals surface area contributed by atoms with E-state index < -0.39 is 5.97 Å². The van der Waals surface area contributed by atoms with Crippen LogP contribution >= 0.6 is 0 Å². The number of hydrogen-bond donors (Lipinski definition) is 1. The lowest BCUT2D eigenvalue weighted by Crippen LogP contribution is -2.28. The smallest absolute Gasteiger partial charge is 0.306 e. The van der Waals surface area contributed by atoms with Crippen LogP contribution in [0.2, 0.25) is 0 Å². The molecule has 0 aromatic heterocycles. The molecule has 29 heavy (non-hydrogen) atoms. The number of ketones is 1. The molecule has 0 fully saturated rings. The third kappa shape index (κ3) is 7.07. The molecule has 0 aliphatic heterocycles. The number of anilines is 1. The number of nitrogens with zero attached hydrogens (tertiary/aromatic N) is 1. The Morgan fingerprint density at radius 3 is 2.24 bits per heavy atom. The first kappa shape index (κ1) is 22.1. The number of benzene rings is 2. The van der Waals surface area contributed by atoms with Crippen molar-refractivity contribution < 1.29 is 19.1 Å². The highest BCUT2D eigenvalue weighted by molar-refractivity contribution is 5.97. The van der Waals surface area contributed by atoms with Crippen molar-refractivity contribution in [1.82, 2.24) is 5.32 Å². The van der Waals surface area contributed by atoms with E-state index in [0.717, 1.165) is 22.4 Å². The maximum Gasteiger partial charge on any atom is 0.306 e. The molecule has 2 rings (SSSR count). The fourth-order valence-corrected chi connectivity index (χ4v) is 2.66. The van der Waals surface area contributed by atoms with Crippen molar-refractivity contribution in [3.63, 3.8) is 0 Å². The van der Waals surface area contributed by atoms with E-state index >= 15 is 0 Å².